The van der Waals surface area contributed by atoms with Crippen molar-refractivity contribution in [3.63, 3.8) is 0 Å². The van der Waals surface area contributed by atoms with Gasteiger partial charge in [-0.05, 0) is 42.7 Å². The number of rotatable bonds is 12. The number of carboxylic acid groups (broad SMARTS) is 2. The molecule has 0 amide bonds. The Kier molecular flexibility index (Phi) is 9.09. The van der Waals surface area contributed by atoms with E-state index in [4.69, 9.17) is 4.99 Å². The number of aliphatic imine (C=N–C) groups is 1. The van der Waals surface area contributed by atoms with Crippen LogP contribution in [0.15, 0.2) is 65.7 Å². The van der Waals surface area contributed by atoms with Crippen LogP contribution in [0, 0.1) is 0 Å². The first-order valence-corrected chi connectivity index (χ1v) is 15.1. The monoisotopic (exact) mass is 593 g/mol. The van der Waals surface area contributed by atoms with E-state index in [0.717, 1.165) is 30.5 Å². The predicted octanol–water partition coefficient (Wildman–Crippen LogP) is 8.04. The number of carbonyl (C=O) groups excluding carboxylic acids is 1. The number of aromatic hydroxyl groups is 2. The molecule has 1 aliphatic carbocycles. The second-order valence-corrected chi connectivity index (χ2v) is 11.2. The van der Waals surface area contributed by atoms with Crippen molar-refractivity contribution in [1.29, 1.82) is 0 Å². The average Bonchev–Trinajstić information content (AvgIpc) is 3.02. The topological polar surface area (TPSA) is 144 Å². The third kappa shape index (κ3) is 5.93. The van der Waals surface area contributed by atoms with E-state index in [1.54, 1.807) is 24.3 Å². The highest BCUT2D eigenvalue weighted by Crippen LogP contribution is 2.45. The number of nitrogens with zero attached hydrogens (tertiary/aromatic N) is 1. The zero-order chi connectivity index (χ0) is 31.4. The molecular formula is C36H35NO7. The molecule has 44 heavy (non-hydrogen) atoms. The lowest BCUT2D eigenvalue weighted by Crippen LogP contribution is -2.24. The summed E-state index contributed by atoms with van der Waals surface area (Å²) in [7, 11) is 0. The van der Waals surface area contributed by atoms with E-state index in [9.17, 15) is 34.8 Å². The van der Waals surface area contributed by atoms with E-state index in [1.165, 1.54) is 44.9 Å². The van der Waals surface area contributed by atoms with Crippen LogP contribution < -0.4 is 0 Å². The van der Waals surface area contributed by atoms with Crippen LogP contribution in [0.4, 0.5) is 5.69 Å². The van der Waals surface area contributed by atoms with Gasteiger partial charge < -0.3 is 20.4 Å². The van der Waals surface area contributed by atoms with Gasteiger partial charge in [0.2, 0.25) is 0 Å². The molecule has 0 unspecified atom stereocenters. The normalized spacial score (nSPS) is 13.2. The molecule has 8 heteroatoms. The van der Waals surface area contributed by atoms with E-state index in [1.807, 2.05) is 24.3 Å². The number of phenolic OH excluding ortho intramolecular Hbond substituents is 2. The van der Waals surface area contributed by atoms with Crippen molar-refractivity contribution in [3.05, 3.63) is 99.6 Å². The average molecular weight is 594 g/mol. The lowest BCUT2D eigenvalue weighted by atomic mass is 9.79. The molecule has 8 nitrogen and oxygen atoms in total. The lowest BCUT2D eigenvalue weighted by molar-refractivity contribution is 0.0651. The molecule has 1 aliphatic rings. The van der Waals surface area contributed by atoms with Crippen molar-refractivity contribution in [3.8, 4) is 11.5 Å². The Morgan fingerprint density at radius 3 is 1.77 bits per heavy atom. The highest BCUT2D eigenvalue weighted by molar-refractivity contribution is 6.35. The van der Waals surface area contributed by atoms with Crippen LogP contribution in [-0.2, 0) is 6.42 Å². The summed E-state index contributed by atoms with van der Waals surface area (Å²) in [5.74, 6) is -4.42. The number of hydrogen-bond donors (Lipinski definition) is 4. The van der Waals surface area contributed by atoms with Crippen molar-refractivity contribution >= 4 is 39.9 Å². The molecule has 0 atom stereocenters. The standard InChI is InChI=1S/C36H35NO7/c1-2-3-4-5-6-7-8-9-12-21-15-17-22(18-16-21)37-31-25-19-27(35(41)42)28(36(43)44)20-26(25)34(40)30-29(31)32(38)23-13-10-11-14-24(23)33(30)39/h10-11,13-20,38-39H,2-9,12H2,1H3,(H,41,42)(H,43,44). The second kappa shape index (κ2) is 13.1. The van der Waals surface area contributed by atoms with Gasteiger partial charge in [-0.3, -0.25) is 4.79 Å². The maximum absolute atomic E-state index is 13.8. The van der Waals surface area contributed by atoms with Crippen molar-refractivity contribution in [2.45, 2.75) is 64.7 Å². The number of ketones is 1. The Bertz CT molecular complexity index is 1790. The number of fused-ring (bicyclic) bond motifs is 3. The Hall–Kier alpha value is -4.98. The van der Waals surface area contributed by atoms with Crippen LogP contribution in [-0.4, -0.2) is 43.9 Å². The molecule has 226 valence electrons. The summed E-state index contributed by atoms with van der Waals surface area (Å²) in [6.07, 6.45) is 10.8. The van der Waals surface area contributed by atoms with Gasteiger partial charge in [-0.15, -0.1) is 0 Å². The van der Waals surface area contributed by atoms with E-state index in [-0.39, 0.29) is 50.2 Å². The van der Waals surface area contributed by atoms with Gasteiger partial charge in [0.25, 0.3) is 0 Å². The van der Waals surface area contributed by atoms with Gasteiger partial charge in [0, 0.05) is 21.9 Å². The van der Waals surface area contributed by atoms with Gasteiger partial charge in [0.05, 0.1) is 33.7 Å². The fourth-order valence-electron chi connectivity index (χ4n) is 5.91. The Labute approximate surface area is 255 Å². The number of carboxylic acids is 2. The molecule has 0 heterocycles. The van der Waals surface area contributed by atoms with Crippen molar-refractivity contribution in [2.75, 3.05) is 0 Å². The maximum atomic E-state index is 13.8. The Morgan fingerprint density at radius 1 is 0.682 bits per heavy atom. The maximum Gasteiger partial charge on any atom is 0.336 e. The van der Waals surface area contributed by atoms with E-state index in [2.05, 4.69) is 6.92 Å². The number of carbonyl (C=O) groups is 3. The predicted molar refractivity (Wildman–Crippen MR) is 169 cm³/mol. The smallest absolute Gasteiger partial charge is 0.336 e. The fraction of sp³-hybridized carbons (Fsp3) is 0.278. The van der Waals surface area contributed by atoms with E-state index >= 15 is 0 Å². The molecule has 0 spiro atoms. The molecule has 0 saturated heterocycles. The van der Waals surface area contributed by atoms with Gasteiger partial charge in [0.1, 0.15) is 11.5 Å². The van der Waals surface area contributed by atoms with Crippen LogP contribution in [0.3, 0.4) is 0 Å². The Balaban J connectivity index is 1.55. The summed E-state index contributed by atoms with van der Waals surface area (Å²) >= 11 is 0. The summed E-state index contributed by atoms with van der Waals surface area (Å²) < 4.78 is 0. The zero-order valence-electron chi connectivity index (χ0n) is 24.6. The second-order valence-electron chi connectivity index (χ2n) is 11.2. The van der Waals surface area contributed by atoms with Gasteiger partial charge in [-0.25, -0.2) is 14.6 Å². The highest BCUT2D eigenvalue weighted by atomic mass is 16.4. The molecule has 0 radical (unpaired) electrons. The van der Waals surface area contributed by atoms with Gasteiger partial charge >= 0.3 is 11.9 Å². The molecule has 0 bridgehead atoms. The Morgan fingerprint density at radius 2 is 1.20 bits per heavy atom. The fourth-order valence-corrected chi connectivity index (χ4v) is 5.91. The molecule has 4 N–H and O–H groups in total. The number of unbranched alkanes of at least 4 members (excludes halogenated alkanes) is 7. The molecule has 0 aliphatic heterocycles. The largest absolute Gasteiger partial charge is 0.507 e. The molecular weight excluding hydrogens is 558 g/mol. The summed E-state index contributed by atoms with van der Waals surface area (Å²) in [4.78, 5) is 42.5. The number of aromatic carboxylic acids is 2. The van der Waals surface area contributed by atoms with Crippen LogP contribution in [0.1, 0.15) is 112 Å². The SMILES string of the molecule is CCCCCCCCCCc1ccc(N=C2c3cc(C(=O)O)c(C(=O)O)cc3C(=O)c3c2c(O)c2ccccc2c3O)cc1. The molecule has 0 fully saturated rings. The van der Waals surface area contributed by atoms with Gasteiger partial charge in [0.15, 0.2) is 5.78 Å². The van der Waals surface area contributed by atoms with Crippen LogP contribution in [0.5, 0.6) is 11.5 Å². The van der Waals surface area contributed by atoms with Crippen LogP contribution in [0.25, 0.3) is 10.8 Å². The lowest BCUT2D eigenvalue weighted by Gasteiger charge is -2.24. The molecule has 0 saturated carbocycles. The third-order valence-corrected chi connectivity index (χ3v) is 8.24. The van der Waals surface area contributed by atoms with Gasteiger partial charge in [-0.1, -0.05) is 88.3 Å². The summed E-state index contributed by atoms with van der Waals surface area (Å²) in [6, 6.07) is 16.1. The number of aryl methyl sites for hydroxylation is 1. The first-order valence-electron chi connectivity index (χ1n) is 15.1. The molecule has 4 aromatic rings. The third-order valence-electron chi connectivity index (χ3n) is 8.24. The quantitative estimate of drug-likeness (QED) is 0.0846. The minimum Gasteiger partial charge on any atom is -0.507 e. The van der Waals surface area contributed by atoms with Crippen LogP contribution in [0.2, 0.25) is 0 Å². The van der Waals surface area contributed by atoms with Gasteiger partial charge in [-0.2, -0.15) is 0 Å². The van der Waals surface area contributed by atoms with E-state index in [0.29, 0.717) is 5.69 Å². The van der Waals surface area contributed by atoms with Crippen molar-refractivity contribution < 1.29 is 34.8 Å². The first-order chi connectivity index (χ1) is 21.2. The van der Waals surface area contributed by atoms with Crippen molar-refractivity contribution in [1.82, 2.24) is 0 Å². The molecule has 4 aromatic carbocycles. The first kappa shape index (κ1) is 30.5. The molecule has 0 aromatic heterocycles. The summed E-state index contributed by atoms with van der Waals surface area (Å²) in [5.41, 5.74) is 0.255. The number of phenols is 2. The zero-order valence-corrected chi connectivity index (χ0v) is 24.6. The number of hydrogen-bond acceptors (Lipinski definition) is 6. The minimum atomic E-state index is -1.51. The van der Waals surface area contributed by atoms with E-state index < -0.39 is 28.8 Å². The highest BCUT2D eigenvalue weighted by Gasteiger charge is 2.37. The minimum absolute atomic E-state index is 0.0406. The van der Waals surface area contributed by atoms with Crippen molar-refractivity contribution in [2.24, 2.45) is 4.99 Å². The summed E-state index contributed by atoms with van der Waals surface area (Å²) in [5, 5.41) is 42.7. The van der Waals surface area contributed by atoms with Crippen LogP contribution >= 0.6 is 0 Å². The summed E-state index contributed by atoms with van der Waals surface area (Å²) in [6.45, 7) is 2.22. The number of benzene rings is 4. The molecule has 5 rings (SSSR count).